The highest BCUT2D eigenvalue weighted by molar-refractivity contribution is 5.30. The Bertz CT molecular complexity index is 534. The van der Waals surface area contributed by atoms with Crippen molar-refractivity contribution in [3.05, 3.63) is 65.2 Å². The predicted octanol–water partition coefficient (Wildman–Crippen LogP) is 3.83. The van der Waals surface area contributed by atoms with Crippen molar-refractivity contribution >= 4 is 0 Å². The number of benzene rings is 1. The minimum atomic E-state index is -4.68. The number of alkyl halides is 3. The second-order valence-electron chi connectivity index (χ2n) is 3.77. The van der Waals surface area contributed by atoms with Crippen molar-refractivity contribution in [1.29, 1.82) is 0 Å². The first-order valence-corrected chi connectivity index (χ1v) is 5.23. The summed E-state index contributed by atoms with van der Waals surface area (Å²) >= 11 is 0. The third-order valence-corrected chi connectivity index (χ3v) is 2.48. The van der Waals surface area contributed by atoms with Gasteiger partial charge in [-0.1, -0.05) is 18.2 Å². The summed E-state index contributed by atoms with van der Waals surface area (Å²) in [6, 6.07) is 8.29. The predicted molar refractivity (Wildman–Crippen MR) is 58.4 cm³/mol. The van der Waals surface area contributed by atoms with Gasteiger partial charge in [0, 0.05) is 18.3 Å². The van der Waals surface area contributed by atoms with E-state index in [2.05, 4.69) is 4.98 Å². The van der Waals surface area contributed by atoms with E-state index in [4.69, 9.17) is 0 Å². The SMILES string of the molecule is Fc1c(Cc2ccccn2)cccc1C(F)(F)F. The maximum absolute atomic E-state index is 13.7. The minimum absolute atomic E-state index is 0.0106. The normalized spacial score (nSPS) is 11.6. The van der Waals surface area contributed by atoms with Crippen LogP contribution in [0.3, 0.4) is 0 Å². The van der Waals surface area contributed by atoms with Crippen molar-refractivity contribution in [2.24, 2.45) is 0 Å². The van der Waals surface area contributed by atoms with Gasteiger partial charge in [-0.2, -0.15) is 13.2 Å². The van der Waals surface area contributed by atoms with E-state index < -0.39 is 17.6 Å². The quantitative estimate of drug-likeness (QED) is 0.743. The van der Waals surface area contributed by atoms with Crippen LogP contribution in [0.5, 0.6) is 0 Å². The van der Waals surface area contributed by atoms with E-state index in [1.54, 1.807) is 18.2 Å². The number of halogens is 4. The highest BCUT2D eigenvalue weighted by Gasteiger charge is 2.34. The fourth-order valence-corrected chi connectivity index (χ4v) is 1.63. The van der Waals surface area contributed by atoms with Crippen LogP contribution in [0.25, 0.3) is 0 Å². The molecule has 0 aliphatic carbocycles. The summed E-state index contributed by atoms with van der Waals surface area (Å²) in [6.07, 6.45) is -3.12. The Morgan fingerprint density at radius 1 is 1.00 bits per heavy atom. The summed E-state index contributed by atoms with van der Waals surface area (Å²) in [4.78, 5) is 3.96. The van der Waals surface area contributed by atoms with Crippen LogP contribution in [-0.4, -0.2) is 4.98 Å². The van der Waals surface area contributed by atoms with Crippen LogP contribution in [0.15, 0.2) is 42.6 Å². The zero-order valence-electron chi connectivity index (χ0n) is 9.21. The number of aromatic nitrogens is 1. The molecule has 5 heteroatoms. The van der Waals surface area contributed by atoms with E-state index in [1.807, 2.05) is 0 Å². The number of rotatable bonds is 2. The van der Waals surface area contributed by atoms with Crippen molar-refractivity contribution in [2.45, 2.75) is 12.6 Å². The minimum Gasteiger partial charge on any atom is -0.261 e. The van der Waals surface area contributed by atoms with Gasteiger partial charge in [0.05, 0.1) is 5.56 Å². The third-order valence-electron chi connectivity index (χ3n) is 2.48. The molecule has 0 amide bonds. The van der Waals surface area contributed by atoms with Crippen molar-refractivity contribution < 1.29 is 17.6 Å². The maximum atomic E-state index is 13.7. The lowest BCUT2D eigenvalue weighted by Crippen LogP contribution is -2.10. The van der Waals surface area contributed by atoms with E-state index in [-0.39, 0.29) is 12.0 Å². The molecule has 1 heterocycles. The van der Waals surface area contributed by atoms with E-state index in [0.717, 1.165) is 6.07 Å². The molecule has 0 saturated heterocycles. The zero-order chi connectivity index (χ0) is 13.2. The molecule has 0 aliphatic heterocycles. The van der Waals surface area contributed by atoms with Crippen molar-refractivity contribution in [2.75, 3.05) is 0 Å². The first kappa shape index (κ1) is 12.5. The molecule has 0 spiro atoms. The van der Waals surface area contributed by atoms with Crippen LogP contribution in [-0.2, 0) is 12.6 Å². The Balaban J connectivity index is 2.36. The van der Waals surface area contributed by atoms with Gasteiger partial charge >= 0.3 is 6.18 Å². The van der Waals surface area contributed by atoms with Gasteiger partial charge in [0.1, 0.15) is 5.82 Å². The van der Waals surface area contributed by atoms with Gasteiger partial charge in [-0.15, -0.1) is 0 Å². The summed E-state index contributed by atoms with van der Waals surface area (Å²) in [5.41, 5.74) is -0.727. The zero-order valence-corrected chi connectivity index (χ0v) is 9.21. The van der Waals surface area contributed by atoms with Crippen molar-refractivity contribution in [3.63, 3.8) is 0 Å². The molecule has 0 aliphatic rings. The maximum Gasteiger partial charge on any atom is 0.419 e. The topological polar surface area (TPSA) is 12.9 Å². The molecule has 2 rings (SSSR count). The van der Waals surface area contributed by atoms with Gasteiger partial charge in [-0.3, -0.25) is 4.98 Å². The second kappa shape index (κ2) is 4.76. The summed E-state index contributed by atoms with van der Waals surface area (Å²) in [7, 11) is 0. The van der Waals surface area contributed by atoms with Crippen LogP contribution in [0.4, 0.5) is 17.6 Å². The Morgan fingerprint density at radius 2 is 1.78 bits per heavy atom. The fraction of sp³-hybridized carbons (Fsp3) is 0.154. The van der Waals surface area contributed by atoms with Crippen molar-refractivity contribution in [1.82, 2.24) is 4.98 Å². The fourth-order valence-electron chi connectivity index (χ4n) is 1.63. The molecule has 1 aromatic carbocycles. The lowest BCUT2D eigenvalue weighted by atomic mass is 10.0. The molecule has 0 N–H and O–H groups in total. The molecule has 0 atom stereocenters. The van der Waals surface area contributed by atoms with Crippen LogP contribution >= 0.6 is 0 Å². The number of pyridine rings is 1. The molecule has 1 nitrogen and oxygen atoms in total. The smallest absolute Gasteiger partial charge is 0.261 e. The van der Waals surface area contributed by atoms with Gasteiger partial charge in [-0.05, 0) is 23.8 Å². The summed E-state index contributed by atoms with van der Waals surface area (Å²) in [5.74, 6) is -1.23. The Kier molecular flexibility index (Phi) is 3.32. The third kappa shape index (κ3) is 2.67. The van der Waals surface area contributed by atoms with Gasteiger partial charge in [-0.25, -0.2) is 4.39 Å². The van der Waals surface area contributed by atoms with E-state index in [1.165, 1.54) is 18.3 Å². The molecule has 0 saturated carbocycles. The Morgan fingerprint density at radius 3 is 2.39 bits per heavy atom. The average Bonchev–Trinajstić information content (AvgIpc) is 2.32. The largest absolute Gasteiger partial charge is 0.419 e. The monoisotopic (exact) mass is 255 g/mol. The summed E-state index contributed by atoms with van der Waals surface area (Å²) < 4.78 is 51.2. The van der Waals surface area contributed by atoms with Crippen molar-refractivity contribution in [3.8, 4) is 0 Å². The molecule has 1 aromatic heterocycles. The molecule has 0 radical (unpaired) electrons. The number of hydrogen-bond acceptors (Lipinski definition) is 1. The van der Waals surface area contributed by atoms with Crippen LogP contribution in [0.2, 0.25) is 0 Å². The average molecular weight is 255 g/mol. The second-order valence-corrected chi connectivity index (χ2v) is 3.77. The molecule has 0 fully saturated rings. The van der Waals surface area contributed by atoms with Crippen LogP contribution in [0.1, 0.15) is 16.8 Å². The molecule has 0 bridgehead atoms. The van der Waals surface area contributed by atoms with Gasteiger partial charge in [0.2, 0.25) is 0 Å². The number of nitrogens with zero attached hydrogens (tertiary/aromatic N) is 1. The standard InChI is InChI=1S/C13H9F4N/c14-12-9(8-10-5-1-2-7-18-10)4-3-6-11(12)13(15,16)17/h1-7H,8H2. The highest BCUT2D eigenvalue weighted by atomic mass is 19.4. The number of hydrogen-bond donors (Lipinski definition) is 0. The Hall–Kier alpha value is -1.91. The molecular formula is C13H9F4N. The summed E-state index contributed by atoms with van der Waals surface area (Å²) in [5, 5.41) is 0. The first-order chi connectivity index (χ1) is 8.48. The molecular weight excluding hydrogens is 246 g/mol. The lowest BCUT2D eigenvalue weighted by molar-refractivity contribution is -0.140. The Labute approximate surface area is 101 Å². The van der Waals surface area contributed by atoms with Crippen LogP contribution < -0.4 is 0 Å². The first-order valence-electron chi connectivity index (χ1n) is 5.23. The van der Waals surface area contributed by atoms with Gasteiger partial charge in [0.25, 0.3) is 0 Å². The van der Waals surface area contributed by atoms with Gasteiger partial charge in [0.15, 0.2) is 0 Å². The van der Waals surface area contributed by atoms with E-state index in [0.29, 0.717) is 5.69 Å². The molecule has 18 heavy (non-hydrogen) atoms. The molecule has 2 aromatic rings. The molecule has 94 valence electrons. The lowest BCUT2D eigenvalue weighted by Gasteiger charge is -2.10. The summed E-state index contributed by atoms with van der Waals surface area (Å²) in [6.45, 7) is 0. The molecule has 0 unspecified atom stereocenters. The van der Waals surface area contributed by atoms with E-state index in [9.17, 15) is 17.6 Å². The van der Waals surface area contributed by atoms with Gasteiger partial charge < -0.3 is 0 Å². The highest BCUT2D eigenvalue weighted by Crippen LogP contribution is 2.32. The van der Waals surface area contributed by atoms with E-state index >= 15 is 0 Å². The van der Waals surface area contributed by atoms with Crippen LogP contribution in [0, 0.1) is 5.82 Å².